The quantitative estimate of drug-likeness (QED) is 0.759. The van der Waals surface area contributed by atoms with Crippen LogP contribution in [0.1, 0.15) is 24.8 Å². The number of carbonyl (C=O) groups is 1. The van der Waals surface area contributed by atoms with E-state index in [4.69, 9.17) is 5.11 Å². The molecule has 1 aromatic rings. The Morgan fingerprint density at radius 2 is 1.88 bits per heavy atom. The van der Waals surface area contributed by atoms with Crippen LogP contribution in [0.3, 0.4) is 0 Å². The molecule has 1 atom stereocenters. The van der Waals surface area contributed by atoms with Gasteiger partial charge in [-0.3, -0.25) is 9.69 Å². The minimum absolute atomic E-state index is 0.127. The zero-order chi connectivity index (χ0) is 12.7. The predicted molar refractivity (Wildman–Crippen MR) is 72.2 cm³/mol. The molecule has 1 aromatic carbocycles. The van der Waals surface area contributed by atoms with Gasteiger partial charge in [-0.15, -0.1) is 11.8 Å². The zero-order valence-corrected chi connectivity index (χ0v) is 11.1. The standard InChI is InChI=1S/C13H19NO2S/c1-3-14(4-2)13(17-10-12(15)16)11-8-6-5-7-9-11/h5-9,13H,3-4,10H2,1-2H3,(H,15,16)/t13-/m1/s1. The van der Waals surface area contributed by atoms with E-state index in [0.29, 0.717) is 0 Å². The number of hydrogen-bond donors (Lipinski definition) is 1. The summed E-state index contributed by atoms with van der Waals surface area (Å²) >= 11 is 1.47. The van der Waals surface area contributed by atoms with Gasteiger partial charge in [0.1, 0.15) is 0 Å². The molecule has 0 aromatic heterocycles. The van der Waals surface area contributed by atoms with Crippen molar-refractivity contribution in [3.8, 4) is 0 Å². The maximum Gasteiger partial charge on any atom is 0.313 e. The van der Waals surface area contributed by atoms with Gasteiger partial charge in [0, 0.05) is 0 Å². The summed E-state index contributed by atoms with van der Waals surface area (Å²) < 4.78 is 0. The van der Waals surface area contributed by atoms with Crippen molar-refractivity contribution in [2.45, 2.75) is 19.2 Å². The highest BCUT2D eigenvalue weighted by molar-refractivity contribution is 8.00. The van der Waals surface area contributed by atoms with Gasteiger partial charge < -0.3 is 5.11 Å². The van der Waals surface area contributed by atoms with Gasteiger partial charge in [0.25, 0.3) is 0 Å². The summed E-state index contributed by atoms with van der Waals surface area (Å²) in [5, 5.41) is 8.92. The van der Waals surface area contributed by atoms with E-state index >= 15 is 0 Å². The minimum Gasteiger partial charge on any atom is -0.481 e. The summed E-state index contributed by atoms with van der Waals surface area (Å²) in [4.78, 5) is 13.0. The van der Waals surface area contributed by atoms with Crippen LogP contribution >= 0.6 is 11.8 Å². The molecule has 0 amide bonds. The Labute approximate surface area is 107 Å². The van der Waals surface area contributed by atoms with Gasteiger partial charge in [-0.2, -0.15) is 0 Å². The van der Waals surface area contributed by atoms with E-state index in [1.54, 1.807) is 0 Å². The summed E-state index contributed by atoms with van der Waals surface area (Å²) in [7, 11) is 0. The third-order valence-corrected chi connectivity index (χ3v) is 3.89. The molecule has 0 radical (unpaired) electrons. The molecule has 1 N–H and O–H groups in total. The monoisotopic (exact) mass is 253 g/mol. The van der Waals surface area contributed by atoms with E-state index < -0.39 is 5.97 Å². The first-order valence-electron chi connectivity index (χ1n) is 5.81. The van der Waals surface area contributed by atoms with Crippen molar-refractivity contribution in [1.29, 1.82) is 0 Å². The fourth-order valence-corrected chi connectivity index (χ4v) is 2.89. The molecular weight excluding hydrogens is 234 g/mol. The van der Waals surface area contributed by atoms with Crippen LogP contribution < -0.4 is 0 Å². The average Bonchev–Trinajstić information content (AvgIpc) is 2.35. The second-order valence-electron chi connectivity index (χ2n) is 3.69. The van der Waals surface area contributed by atoms with E-state index in [-0.39, 0.29) is 11.1 Å². The van der Waals surface area contributed by atoms with E-state index in [9.17, 15) is 4.79 Å². The predicted octanol–water partition coefficient (Wildman–Crippen LogP) is 2.84. The molecule has 3 nitrogen and oxygen atoms in total. The second-order valence-corrected chi connectivity index (χ2v) is 4.76. The third-order valence-electron chi connectivity index (χ3n) is 2.59. The normalized spacial score (nSPS) is 12.6. The van der Waals surface area contributed by atoms with Crippen LogP contribution in [-0.2, 0) is 4.79 Å². The lowest BCUT2D eigenvalue weighted by Gasteiger charge is -2.29. The first kappa shape index (κ1) is 14.1. The third kappa shape index (κ3) is 4.40. The Bertz CT molecular complexity index is 339. The molecule has 0 heterocycles. The Morgan fingerprint density at radius 1 is 1.29 bits per heavy atom. The van der Waals surface area contributed by atoms with Gasteiger partial charge in [0.15, 0.2) is 0 Å². The molecule has 0 aliphatic carbocycles. The Balaban J connectivity index is 2.81. The number of rotatable bonds is 7. The van der Waals surface area contributed by atoms with Crippen LogP contribution in [0.2, 0.25) is 0 Å². The highest BCUT2D eigenvalue weighted by Gasteiger charge is 2.19. The average molecular weight is 253 g/mol. The Kier molecular flexibility index (Phi) is 6.08. The smallest absolute Gasteiger partial charge is 0.313 e. The van der Waals surface area contributed by atoms with Gasteiger partial charge in [-0.25, -0.2) is 0 Å². The first-order chi connectivity index (χ1) is 8.19. The number of thioether (sulfide) groups is 1. The number of carboxylic acid groups (broad SMARTS) is 1. The Hall–Kier alpha value is -1.00. The SMILES string of the molecule is CCN(CC)[C@H](SCC(=O)O)c1ccccc1. The maximum absolute atomic E-state index is 10.7. The fraction of sp³-hybridized carbons (Fsp3) is 0.462. The molecule has 4 heteroatoms. The largest absolute Gasteiger partial charge is 0.481 e. The van der Waals surface area contributed by atoms with Crippen molar-refractivity contribution in [1.82, 2.24) is 4.90 Å². The topological polar surface area (TPSA) is 40.5 Å². The van der Waals surface area contributed by atoms with E-state index in [0.717, 1.165) is 13.1 Å². The van der Waals surface area contributed by atoms with Crippen molar-refractivity contribution in [2.24, 2.45) is 0 Å². The van der Waals surface area contributed by atoms with Crippen molar-refractivity contribution < 1.29 is 9.90 Å². The van der Waals surface area contributed by atoms with Crippen LogP contribution in [0.4, 0.5) is 0 Å². The number of aliphatic carboxylic acids is 1. The lowest BCUT2D eigenvalue weighted by molar-refractivity contribution is -0.133. The summed E-state index contributed by atoms with van der Waals surface area (Å²) in [5.74, 6) is -0.626. The molecule has 0 unspecified atom stereocenters. The molecule has 0 saturated heterocycles. The van der Waals surface area contributed by atoms with Gasteiger partial charge in [0.05, 0.1) is 11.1 Å². The summed E-state index contributed by atoms with van der Waals surface area (Å²) in [6.07, 6.45) is 0. The van der Waals surface area contributed by atoms with Crippen LogP contribution in [-0.4, -0.2) is 34.8 Å². The molecule has 17 heavy (non-hydrogen) atoms. The summed E-state index contributed by atoms with van der Waals surface area (Å²) in [6.45, 7) is 6.03. The highest BCUT2D eigenvalue weighted by atomic mass is 32.2. The zero-order valence-electron chi connectivity index (χ0n) is 10.3. The van der Waals surface area contributed by atoms with Crippen LogP contribution in [0.5, 0.6) is 0 Å². The van der Waals surface area contributed by atoms with Crippen molar-refractivity contribution >= 4 is 17.7 Å². The number of hydrogen-bond acceptors (Lipinski definition) is 3. The summed E-state index contributed by atoms with van der Waals surface area (Å²) in [6, 6.07) is 10.1. The van der Waals surface area contributed by atoms with E-state index in [1.807, 2.05) is 18.2 Å². The van der Waals surface area contributed by atoms with Crippen LogP contribution in [0.25, 0.3) is 0 Å². The highest BCUT2D eigenvalue weighted by Crippen LogP contribution is 2.31. The lowest BCUT2D eigenvalue weighted by atomic mass is 10.2. The molecule has 0 aliphatic heterocycles. The maximum atomic E-state index is 10.7. The number of benzene rings is 1. The van der Waals surface area contributed by atoms with Gasteiger partial charge in [-0.1, -0.05) is 44.2 Å². The minimum atomic E-state index is -0.761. The molecule has 0 fully saturated rings. The molecule has 1 rings (SSSR count). The van der Waals surface area contributed by atoms with E-state index in [2.05, 4.69) is 30.9 Å². The lowest BCUT2D eigenvalue weighted by Crippen LogP contribution is -2.27. The van der Waals surface area contributed by atoms with Gasteiger partial charge in [0.2, 0.25) is 0 Å². The van der Waals surface area contributed by atoms with Crippen LogP contribution in [0, 0.1) is 0 Å². The molecule has 0 bridgehead atoms. The Morgan fingerprint density at radius 3 is 2.35 bits per heavy atom. The van der Waals surface area contributed by atoms with Crippen molar-refractivity contribution in [3.05, 3.63) is 35.9 Å². The molecule has 0 saturated carbocycles. The number of nitrogens with zero attached hydrogens (tertiary/aromatic N) is 1. The van der Waals surface area contributed by atoms with Crippen LogP contribution in [0.15, 0.2) is 30.3 Å². The molecule has 94 valence electrons. The molecule has 0 spiro atoms. The molecular formula is C13H19NO2S. The molecule has 0 aliphatic rings. The van der Waals surface area contributed by atoms with Crippen molar-refractivity contribution in [3.63, 3.8) is 0 Å². The number of carboxylic acids is 1. The van der Waals surface area contributed by atoms with Crippen molar-refractivity contribution in [2.75, 3.05) is 18.8 Å². The van der Waals surface area contributed by atoms with Gasteiger partial charge >= 0.3 is 5.97 Å². The van der Waals surface area contributed by atoms with E-state index in [1.165, 1.54) is 17.3 Å². The van der Waals surface area contributed by atoms with Gasteiger partial charge in [-0.05, 0) is 18.7 Å². The first-order valence-corrected chi connectivity index (χ1v) is 6.86. The second kappa shape index (κ2) is 7.35. The fourth-order valence-electron chi connectivity index (χ4n) is 1.74. The summed E-state index contributed by atoms with van der Waals surface area (Å²) in [5.41, 5.74) is 1.17.